The first-order valence-electron chi connectivity index (χ1n) is 6.08. The molecule has 2 fully saturated rings. The molecule has 4 nitrogen and oxygen atoms in total. The Morgan fingerprint density at radius 2 is 1.95 bits per heavy atom. The zero-order chi connectivity index (χ0) is 15.1. The van der Waals surface area contributed by atoms with E-state index in [1.54, 1.807) is 0 Å². The summed E-state index contributed by atoms with van der Waals surface area (Å²) in [6, 6.07) is -1.01. The van der Waals surface area contributed by atoms with Crippen LogP contribution in [0.5, 0.6) is 0 Å². The second-order valence-electron chi connectivity index (χ2n) is 4.89. The molecule has 20 heavy (non-hydrogen) atoms. The Morgan fingerprint density at radius 3 is 2.45 bits per heavy atom. The third kappa shape index (κ3) is 2.72. The van der Waals surface area contributed by atoms with Crippen LogP contribution in [0, 0.1) is 0 Å². The van der Waals surface area contributed by atoms with Crippen molar-refractivity contribution in [2.75, 3.05) is 18.7 Å². The molecule has 0 spiro atoms. The van der Waals surface area contributed by atoms with Crippen LogP contribution in [0.4, 0.5) is 17.6 Å². The number of nitrogens with zero attached hydrogens (tertiary/aromatic N) is 2. The van der Waals surface area contributed by atoms with Crippen LogP contribution in [0.15, 0.2) is 0 Å². The molecule has 2 amide bonds. The van der Waals surface area contributed by atoms with Gasteiger partial charge in [0.2, 0.25) is 5.91 Å². The lowest BCUT2D eigenvalue weighted by molar-refractivity contribution is -0.182. The van der Waals surface area contributed by atoms with E-state index < -0.39 is 30.2 Å². The van der Waals surface area contributed by atoms with E-state index >= 15 is 0 Å². The van der Waals surface area contributed by atoms with Gasteiger partial charge in [0, 0.05) is 18.8 Å². The average molecular weight is 314 g/mol. The SMILES string of the molecule is CN(C(=O)C1CSCN1C(=O)C(F)(F)C(F)F)C1CC1. The van der Waals surface area contributed by atoms with Gasteiger partial charge >= 0.3 is 18.3 Å². The molecule has 1 atom stereocenters. The van der Waals surface area contributed by atoms with Crippen molar-refractivity contribution in [3.8, 4) is 0 Å². The Kier molecular flexibility index (Phi) is 4.17. The molecule has 0 aromatic carbocycles. The topological polar surface area (TPSA) is 40.6 Å². The van der Waals surface area contributed by atoms with Crippen LogP contribution < -0.4 is 0 Å². The van der Waals surface area contributed by atoms with Crippen molar-refractivity contribution in [2.45, 2.75) is 37.3 Å². The number of amides is 2. The van der Waals surface area contributed by atoms with E-state index in [1.165, 1.54) is 11.9 Å². The van der Waals surface area contributed by atoms with Crippen LogP contribution in [0.25, 0.3) is 0 Å². The van der Waals surface area contributed by atoms with Crippen molar-refractivity contribution in [1.29, 1.82) is 0 Å². The molecule has 1 aliphatic heterocycles. The lowest BCUT2D eigenvalue weighted by Gasteiger charge is -2.29. The van der Waals surface area contributed by atoms with Gasteiger partial charge in [-0.05, 0) is 12.8 Å². The van der Waals surface area contributed by atoms with Gasteiger partial charge in [-0.15, -0.1) is 11.8 Å². The molecule has 1 heterocycles. The van der Waals surface area contributed by atoms with Gasteiger partial charge in [0.15, 0.2) is 0 Å². The van der Waals surface area contributed by atoms with Crippen molar-refractivity contribution in [3.63, 3.8) is 0 Å². The van der Waals surface area contributed by atoms with Crippen LogP contribution in [0.2, 0.25) is 0 Å². The van der Waals surface area contributed by atoms with Gasteiger partial charge in [0.05, 0.1) is 5.88 Å². The molecule has 0 N–H and O–H groups in total. The standard InChI is InChI=1S/C11H14F4N2O2S/c1-16(6-2-3-6)8(18)7-4-20-5-17(7)10(19)11(14,15)9(12)13/h6-7,9H,2-5H2,1H3. The second kappa shape index (κ2) is 5.42. The number of hydrogen-bond acceptors (Lipinski definition) is 3. The minimum atomic E-state index is -4.75. The fourth-order valence-electron chi connectivity index (χ4n) is 2.01. The molecular weight excluding hydrogens is 300 g/mol. The Bertz CT molecular complexity index is 417. The maximum Gasteiger partial charge on any atom is 0.383 e. The highest BCUT2D eigenvalue weighted by molar-refractivity contribution is 7.99. The van der Waals surface area contributed by atoms with E-state index in [-0.39, 0.29) is 17.7 Å². The summed E-state index contributed by atoms with van der Waals surface area (Å²) in [4.78, 5) is 25.6. The lowest BCUT2D eigenvalue weighted by atomic mass is 10.2. The molecule has 0 aromatic rings. The Labute approximate surface area is 117 Å². The van der Waals surface area contributed by atoms with Crippen LogP contribution >= 0.6 is 11.8 Å². The summed E-state index contributed by atoms with van der Waals surface area (Å²) >= 11 is 1.10. The average Bonchev–Trinajstić information content (AvgIpc) is 3.13. The second-order valence-corrected chi connectivity index (χ2v) is 5.89. The molecule has 0 bridgehead atoms. The first-order chi connectivity index (χ1) is 9.26. The van der Waals surface area contributed by atoms with Crippen molar-refractivity contribution < 1.29 is 27.2 Å². The number of carbonyl (C=O) groups excluding carboxylic acids is 2. The zero-order valence-corrected chi connectivity index (χ0v) is 11.5. The number of halogens is 4. The molecule has 1 saturated carbocycles. The zero-order valence-electron chi connectivity index (χ0n) is 10.7. The molecule has 1 aliphatic carbocycles. The van der Waals surface area contributed by atoms with Crippen molar-refractivity contribution in [3.05, 3.63) is 0 Å². The van der Waals surface area contributed by atoms with Crippen LogP contribution in [-0.2, 0) is 9.59 Å². The van der Waals surface area contributed by atoms with Crippen molar-refractivity contribution in [2.24, 2.45) is 0 Å². The summed E-state index contributed by atoms with van der Waals surface area (Å²) in [5, 5.41) is 0. The first-order valence-corrected chi connectivity index (χ1v) is 7.23. The highest BCUT2D eigenvalue weighted by Gasteiger charge is 2.54. The van der Waals surface area contributed by atoms with Crippen LogP contribution in [0.3, 0.4) is 0 Å². The third-order valence-electron chi connectivity index (χ3n) is 3.43. The van der Waals surface area contributed by atoms with Gasteiger partial charge < -0.3 is 9.80 Å². The first kappa shape index (κ1) is 15.4. The maximum atomic E-state index is 13.1. The molecule has 2 aliphatic rings. The normalized spacial score (nSPS) is 23.3. The van der Waals surface area contributed by atoms with E-state index in [0.29, 0.717) is 4.90 Å². The highest BCUT2D eigenvalue weighted by atomic mass is 32.2. The number of carbonyl (C=O) groups is 2. The molecule has 1 saturated heterocycles. The minimum Gasteiger partial charge on any atom is -0.341 e. The third-order valence-corrected chi connectivity index (χ3v) is 4.44. The molecule has 1 unspecified atom stereocenters. The predicted molar refractivity (Wildman–Crippen MR) is 64.7 cm³/mol. The van der Waals surface area contributed by atoms with E-state index in [2.05, 4.69) is 0 Å². The fourth-order valence-corrected chi connectivity index (χ4v) is 3.15. The van der Waals surface area contributed by atoms with Gasteiger partial charge in [0.1, 0.15) is 6.04 Å². The summed E-state index contributed by atoms with van der Waals surface area (Å²) in [5.41, 5.74) is 0. The molecule has 9 heteroatoms. The molecule has 114 valence electrons. The van der Waals surface area contributed by atoms with Gasteiger partial charge in [-0.25, -0.2) is 8.78 Å². The molecular formula is C11H14F4N2O2S. The molecule has 0 aromatic heterocycles. The monoisotopic (exact) mass is 314 g/mol. The quantitative estimate of drug-likeness (QED) is 0.737. The van der Waals surface area contributed by atoms with Gasteiger partial charge in [-0.3, -0.25) is 9.59 Å². The summed E-state index contributed by atoms with van der Waals surface area (Å²) < 4.78 is 50.7. The maximum absolute atomic E-state index is 13.1. The van der Waals surface area contributed by atoms with E-state index in [1.807, 2.05) is 0 Å². The van der Waals surface area contributed by atoms with Gasteiger partial charge in [0.25, 0.3) is 0 Å². The van der Waals surface area contributed by atoms with Gasteiger partial charge in [-0.1, -0.05) is 0 Å². The van der Waals surface area contributed by atoms with Crippen LogP contribution in [0.1, 0.15) is 12.8 Å². The summed E-state index contributed by atoms with van der Waals surface area (Å²) in [7, 11) is 1.54. The predicted octanol–water partition coefficient (Wildman–Crippen LogP) is 1.41. The van der Waals surface area contributed by atoms with Gasteiger partial charge in [-0.2, -0.15) is 8.78 Å². The molecule has 0 radical (unpaired) electrons. The summed E-state index contributed by atoms with van der Waals surface area (Å²) in [5.74, 6) is -7.20. The minimum absolute atomic E-state index is 0.0701. The number of alkyl halides is 4. The fraction of sp³-hybridized carbons (Fsp3) is 0.818. The highest BCUT2D eigenvalue weighted by Crippen LogP contribution is 2.33. The van der Waals surface area contributed by atoms with E-state index in [9.17, 15) is 27.2 Å². The lowest BCUT2D eigenvalue weighted by Crippen LogP contribution is -2.54. The van der Waals surface area contributed by atoms with Crippen LogP contribution in [-0.4, -0.2) is 64.7 Å². The van der Waals surface area contributed by atoms with E-state index in [4.69, 9.17) is 0 Å². The Morgan fingerprint density at radius 1 is 1.35 bits per heavy atom. The number of hydrogen-bond donors (Lipinski definition) is 0. The Hall–Kier alpha value is -0.990. The smallest absolute Gasteiger partial charge is 0.341 e. The van der Waals surface area contributed by atoms with Crippen molar-refractivity contribution >= 4 is 23.6 Å². The number of thioether (sulfide) groups is 1. The van der Waals surface area contributed by atoms with E-state index in [0.717, 1.165) is 24.6 Å². The van der Waals surface area contributed by atoms with Crippen molar-refractivity contribution in [1.82, 2.24) is 9.80 Å². The number of rotatable bonds is 4. The number of likely N-dealkylation sites (N-methyl/N-ethyl adjacent to an activating group) is 1. The summed E-state index contributed by atoms with van der Waals surface area (Å²) in [6.45, 7) is 0. The Balaban J connectivity index is 2.10. The summed E-state index contributed by atoms with van der Waals surface area (Å²) in [6.07, 6.45) is -2.40. The molecule has 2 rings (SSSR count). The largest absolute Gasteiger partial charge is 0.383 e.